The van der Waals surface area contributed by atoms with Crippen LogP contribution in [0.5, 0.6) is 0 Å². The van der Waals surface area contributed by atoms with E-state index < -0.39 is 36.3 Å². The Labute approximate surface area is 131 Å². The largest absolute Gasteiger partial charge is 0.480 e. The number of carbonyl (C=O) groups is 4. The number of rotatable bonds is 3. The molecule has 23 heavy (non-hydrogen) atoms. The van der Waals surface area contributed by atoms with Gasteiger partial charge in [-0.3, -0.25) is 19.3 Å². The molecule has 8 nitrogen and oxygen atoms in total. The van der Waals surface area contributed by atoms with Gasteiger partial charge in [0.1, 0.15) is 6.54 Å². The normalized spacial score (nSPS) is 20.6. The number of carboxylic acids is 1. The molecule has 1 fully saturated rings. The highest BCUT2D eigenvalue weighted by Crippen LogP contribution is 2.22. The average Bonchev–Trinajstić information content (AvgIpc) is 2.80. The molecule has 1 N–H and O–H groups in total. The van der Waals surface area contributed by atoms with Crippen LogP contribution in [0, 0.1) is 0 Å². The molecule has 1 unspecified atom stereocenters. The van der Waals surface area contributed by atoms with Crippen LogP contribution in [0.3, 0.4) is 0 Å². The number of benzene rings is 1. The molecule has 0 aliphatic carbocycles. The van der Waals surface area contributed by atoms with E-state index in [4.69, 9.17) is 9.84 Å². The van der Waals surface area contributed by atoms with Crippen molar-refractivity contribution < 1.29 is 29.0 Å². The van der Waals surface area contributed by atoms with Gasteiger partial charge >= 0.3 is 5.97 Å². The van der Waals surface area contributed by atoms with Gasteiger partial charge in [0.25, 0.3) is 11.8 Å². The summed E-state index contributed by atoms with van der Waals surface area (Å²) >= 11 is 0. The molecule has 3 amide bonds. The molecule has 0 aromatic heterocycles. The summed E-state index contributed by atoms with van der Waals surface area (Å²) in [5.74, 6) is -2.85. The predicted molar refractivity (Wildman–Crippen MR) is 75.8 cm³/mol. The lowest BCUT2D eigenvalue weighted by Gasteiger charge is -2.33. The van der Waals surface area contributed by atoms with Crippen molar-refractivity contribution in [2.45, 2.75) is 6.04 Å². The summed E-state index contributed by atoms with van der Waals surface area (Å²) < 4.78 is 5.06. The van der Waals surface area contributed by atoms with Gasteiger partial charge in [0.05, 0.1) is 24.3 Å². The van der Waals surface area contributed by atoms with Gasteiger partial charge in [-0.1, -0.05) is 12.1 Å². The third kappa shape index (κ3) is 2.57. The topological polar surface area (TPSA) is 104 Å². The quantitative estimate of drug-likeness (QED) is 0.760. The van der Waals surface area contributed by atoms with Crippen molar-refractivity contribution in [2.75, 3.05) is 26.3 Å². The molecule has 2 aliphatic rings. The van der Waals surface area contributed by atoms with E-state index in [1.807, 2.05) is 0 Å². The Morgan fingerprint density at radius 1 is 1.17 bits per heavy atom. The highest BCUT2D eigenvalue weighted by atomic mass is 16.5. The summed E-state index contributed by atoms with van der Waals surface area (Å²) in [4.78, 5) is 50.0. The van der Waals surface area contributed by atoms with Crippen molar-refractivity contribution in [1.82, 2.24) is 9.80 Å². The molecule has 1 saturated heterocycles. The number of carbonyl (C=O) groups excluding carboxylic acids is 3. The number of carboxylic acid groups (broad SMARTS) is 1. The molecule has 2 aliphatic heterocycles. The first-order chi connectivity index (χ1) is 11.0. The Balaban J connectivity index is 1.77. The Morgan fingerprint density at radius 3 is 2.35 bits per heavy atom. The fourth-order valence-corrected chi connectivity index (χ4v) is 2.72. The maximum atomic E-state index is 12.4. The fraction of sp³-hybridized carbons (Fsp3) is 0.333. The van der Waals surface area contributed by atoms with Crippen molar-refractivity contribution in [3.8, 4) is 0 Å². The van der Waals surface area contributed by atoms with Gasteiger partial charge in [0.15, 0.2) is 6.04 Å². The van der Waals surface area contributed by atoms with Crippen LogP contribution in [-0.4, -0.2) is 70.9 Å². The lowest BCUT2D eigenvalue weighted by Crippen LogP contribution is -2.55. The van der Waals surface area contributed by atoms with Gasteiger partial charge < -0.3 is 14.7 Å². The van der Waals surface area contributed by atoms with Gasteiger partial charge in [0, 0.05) is 6.54 Å². The maximum absolute atomic E-state index is 12.4. The first-order valence-electron chi connectivity index (χ1n) is 7.06. The zero-order valence-electron chi connectivity index (χ0n) is 12.1. The van der Waals surface area contributed by atoms with Gasteiger partial charge in [0.2, 0.25) is 5.91 Å². The molecule has 120 valence electrons. The molecule has 0 radical (unpaired) electrons. The molecule has 0 bridgehead atoms. The Hall–Kier alpha value is -2.74. The van der Waals surface area contributed by atoms with Crippen molar-refractivity contribution in [2.24, 2.45) is 0 Å². The van der Waals surface area contributed by atoms with E-state index in [0.717, 1.165) is 9.80 Å². The molecular formula is C15H14N2O6. The number of aliphatic carboxylic acids is 1. The van der Waals surface area contributed by atoms with Crippen LogP contribution in [-0.2, 0) is 14.3 Å². The fourth-order valence-electron chi connectivity index (χ4n) is 2.72. The zero-order valence-corrected chi connectivity index (χ0v) is 12.1. The van der Waals surface area contributed by atoms with Crippen molar-refractivity contribution in [3.63, 3.8) is 0 Å². The van der Waals surface area contributed by atoms with E-state index in [2.05, 4.69) is 0 Å². The standard InChI is InChI=1S/C15H14N2O6/c18-12(16-5-6-23-8-11(16)15(21)22)7-17-13(19)9-3-1-2-4-10(9)14(17)20/h1-4,11H,5-8H2,(H,21,22). The minimum atomic E-state index is -1.18. The number of hydrogen-bond donors (Lipinski definition) is 1. The minimum absolute atomic E-state index is 0.108. The first-order valence-corrected chi connectivity index (χ1v) is 7.06. The van der Waals surface area contributed by atoms with Gasteiger partial charge in [-0.25, -0.2) is 4.79 Å². The molecule has 1 atom stereocenters. The summed E-state index contributed by atoms with van der Waals surface area (Å²) in [6.07, 6.45) is 0. The first kappa shape index (κ1) is 15.2. The molecule has 0 spiro atoms. The van der Waals surface area contributed by atoms with Crippen LogP contribution >= 0.6 is 0 Å². The number of morpholine rings is 1. The van der Waals surface area contributed by atoms with Crippen LogP contribution < -0.4 is 0 Å². The summed E-state index contributed by atoms with van der Waals surface area (Å²) in [6.45, 7) is -0.254. The van der Waals surface area contributed by atoms with E-state index in [0.29, 0.717) is 0 Å². The molecule has 1 aromatic rings. The van der Waals surface area contributed by atoms with Crippen LogP contribution in [0.4, 0.5) is 0 Å². The van der Waals surface area contributed by atoms with E-state index >= 15 is 0 Å². The summed E-state index contributed by atoms with van der Waals surface area (Å²) in [7, 11) is 0. The van der Waals surface area contributed by atoms with Gasteiger partial charge in [-0.2, -0.15) is 0 Å². The second kappa shape index (κ2) is 5.81. The number of imide groups is 1. The third-order valence-electron chi connectivity index (χ3n) is 3.91. The lowest BCUT2D eigenvalue weighted by atomic mass is 10.1. The van der Waals surface area contributed by atoms with Crippen molar-refractivity contribution in [3.05, 3.63) is 35.4 Å². The van der Waals surface area contributed by atoms with Gasteiger partial charge in [-0.05, 0) is 12.1 Å². The Bertz CT molecular complexity index is 666. The molecule has 2 heterocycles. The number of ether oxygens (including phenoxy) is 1. The molecule has 1 aromatic carbocycles. The summed E-state index contributed by atoms with van der Waals surface area (Å²) in [5.41, 5.74) is 0.504. The minimum Gasteiger partial charge on any atom is -0.480 e. The molecule has 8 heteroatoms. The number of amides is 3. The monoisotopic (exact) mass is 318 g/mol. The SMILES string of the molecule is O=C(O)C1COCCN1C(=O)CN1C(=O)c2ccccc2C1=O. The van der Waals surface area contributed by atoms with E-state index in [1.54, 1.807) is 12.1 Å². The lowest BCUT2D eigenvalue weighted by molar-refractivity contribution is -0.158. The van der Waals surface area contributed by atoms with Gasteiger partial charge in [-0.15, -0.1) is 0 Å². The number of hydrogen-bond acceptors (Lipinski definition) is 5. The molecule has 0 saturated carbocycles. The second-order valence-corrected chi connectivity index (χ2v) is 5.26. The average molecular weight is 318 g/mol. The number of nitrogens with zero attached hydrogens (tertiary/aromatic N) is 2. The second-order valence-electron chi connectivity index (χ2n) is 5.26. The van der Waals surface area contributed by atoms with Crippen molar-refractivity contribution in [1.29, 1.82) is 0 Å². The maximum Gasteiger partial charge on any atom is 0.328 e. The van der Waals surface area contributed by atoms with Crippen LogP contribution in [0.1, 0.15) is 20.7 Å². The highest BCUT2D eigenvalue weighted by Gasteiger charge is 2.39. The van der Waals surface area contributed by atoms with Crippen LogP contribution in [0.2, 0.25) is 0 Å². The van der Waals surface area contributed by atoms with Crippen molar-refractivity contribution >= 4 is 23.7 Å². The smallest absolute Gasteiger partial charge is 0.328 e. The Morgan fingerprint density at radius 2 is 1.78 bits per heavy atom. The van der Waals surface area contributed by atoms with E-state index in [9.17, 15) is 19.2 Å². The molecule has 3 rings (SSSR count). The van der Waals surface area contributed by atoms with Crippen LogP contribution in [0.15, 0.2) is 24.3 Å². The number of fused-ring (bicyclic) bond motifs is 1. The van der Waals surface area contributed by atoms with Crippen LogP contribution in [0.25, 0.3) is 0 Å². The zero-order chi connectivity index (χ0) is 16.6. The Kier molecular flexibility index (Phi) is 3.83. The summed E-state index contributed by atoms with van der Waals surface area (Å²) in [6, 6.07) is 5.21. The third-order valence-corrected chi connectivity index (χ3v) is 3.91. The van der Waals surface area contributed by atoms with E-state index in [1.165, 1.54) is 12.1 Å². The molecular weight excluding hydrogens is 304 g/mol. The highest BCUT2D eigenvalue weighted by molar-refractivity contribution is 6.22. The predicted octanol–water partition coefficient (Wildman–Crippen LogP) is -0.405. The van der Waals surface area contributed by atoms with E-state index in [-0.39, 0.29) is 30.9 Å². The summed E-state index contributed by atoms with van der Waals surface area (Å²) in [5, 5.41) is 9.14.